The van der Waals surface area contributed by atoms with E-state index in [1.807, 2.05) is 13.8 Å². The number of carbonyl (C=O) groups is 1. The fourth-order valence-electron chi connectivity index (χ4n) is 2.87. The first kappa shape index (κ1) is 17.4. The van der Waals surface area contributed by atoms with Gasteiger partial charge >= 0.3 is 0 Å². The first-order chi connectivity index (χ1) is 9.43. The third-order valence-electron chi connectivity index (χ3n) is 4.37. The van der Waals surface area contributed by atoms with E-state index in [9.17, 15) is 9.90 Å². The molecular formula is C16H32N2O2. The minimum atomic E-state index is -0.683. The predicted octanol–water partition coefficient (Wildman–Crippen LogP) is 2.34. The minimum absolute atomic E-state index is 0.00290. The largest absolute Gasteiger partial charge is 0.388 e. The average molecular weight is 284 g/mol. The van der Waals surface area contributed by atoms with Crippen molar-refractivity contribution in [2.24, 2.45) is 11.7 Å². The van der Waals surface area contributed by atoms with E-state index in [4.69, 9.17) is 5.73 Å². The van der Waals surface area contributed by atoms with E-state index in [1.165, 1.54) is 12.8 Å². The number of hydrogen-bond acceptors (Lipinski definition) is 3. The SMILES string of the molecule is CC(N)CCCC(C)C(=O)NCC1(O)CCCCCC1. The van der Waals surface area contributed by atoms with Crippen LogP contribution in [0.4, 0.5) is 0 Å². The first-order valence-electron chi connectivity index (χ1n) is 8.19. The number of hydrogen-bond donors (Lipinski definition) is 3. The molecule has 4 heteroatoms. The van der Waals surface area contributed by atoms with Crippen LogP contribution >= 0.6 is 0 Å². The van der Waals surface area contributed by atoms with Crippen molar-refractivity contribution in [3.63, 3.8) is 0 Å². The Kier molecular flexibility index (Phi) is 7.52. The van der Waals surface area contributed by atoms with Crippen molar-refractivity contribution < 1.29 is 9.90 Å². The van der Waals surface area contributed by atoms with E-state index in [1.54, 1.807) is 0 Å². The summed E-state index contributed by atoms with van der Waals surface area (Å²) in [6.07, 6.45) is 8.96. The topological polar surface area (TPSA) is 75.4 Å². The normalized spacial score (nSPS) is 21.8. The molecule has 0 aromatic heterocycles. The van der Waals surface area contributed by atoms with Crippen LogP contribution in [0.15, 0.2) is 0 Å². The molecule has 2 unspecified atom stereocenters. The maximum atomic E-state index is 12.0. The van der Waals surface area contributed by atoms with Crippen LogP contribution in [-0.4, -0.2) is 29.2 Å². The maximum Gasteiger partial charge on any atom is 0.222 e. The molecule has 1 amide bonds. The van der Waals surface area contributed by atoms with Gasteiger partial charge in [-0.05, 0) is 32.6 Å². The third-order valence-corrected chi connectivity index (χ3v) is 4.37. The van der Waals surface area contributed by atoms with Gasteiger partial charge in [-0.15, -0.1) is 0 Å². The molecule has 1 aliphatic carbocycles. The van der Waals surface area contributed by atoms with Crippen LogP contribution in [0.1, 0.15) is 71.6 Å². The molecule has 0 saturated heterocycles. The molecule has 20 heavy (non-hydrogen) atoms. The van der Waals surface area contributed by atoms with E-state index in [2.05, 4.69) is 5.32 Å². The van der Waals surface area contributed by atoms with Crippen LogP contribution in [0, 0.1) is 5.92 Å². The Labute approximate surface area is 123 Å². The molecule has 0 aliphatic heterocycles. The molecule has 1 saturated carbocycles. The average Bonchev–Trinajstić information content (AvgIpc) is 2.61. The zero-order valence-corrected chi connectivity index (χ0v) is 13.2. The Morgan fingerprint density at radius 1 is 1.20 bits per heavy atom. The van der Waals surface area contributed by atoms with E-state index in [0.29, 0.717) is 6.54 Å². The number of carbonyl (C=O) groups excluding carboxylic acids is 1. The lowest BCUT2D eigenvalue weighted by Gasteiger charge is -2.27. The smallest absolute Gasteiger partial charge is 0.222 e. The van der Waals surface area contributed by atoms with Gasteiger partial charge in [0, 0.05) is 18.5 Å². The van der Waals surface area contributed by atoms with Crippen LogP contribution in [-0.2, 0) is 4.79 Å². The highest BCUT2D eigenvalue weighted by Gasteiger charge is 2.28. The Balaban J connectivity index is 2.26. The molecule has 1 aliphatic rings. The van der Waals surface area contributed by atoms with Gasteiger partial charge in [-0.2, -0.15) is 0 Å². The van der Waals surface area contributed by atoms with Crippen LogP contribution < -0.4 is 11.1 Å². The number of aliphatic hydroxyl groups is 1. The molecule has 0 bridgehead atoms. The van der Waals surface area contributed by atoms with Gasteiger partial charge in [-0.1, -0.05) is 39.0 Å². The van der Waals surface area contributed by atoms with Gasteiger partial charge in [0.15, 0.2) is 0 Å². The molecule has 118 valence electrons. The second kappa shape index (κ2) is 8.63. The highest BCUT2D eigenvalue weighted by atomic mass is 16.3. The maximum absolute atomic E-state index is 12.0. The Morgan fingerprint density at radius 3 is 2.35 bits per heavy atom. The Hall–Kier alpha value is -0.610. The fourth-order valence-corrected chi connectivity index (χ4v) is 2.87. The van der Waals surface area contributed by atoms with E-state index in [-0.39, 0.29) is 17.9 Å². The summed E-state index contributed by atoms with van der Waals surface area (Å²) in [5, 5.41) is 13.4. The minimum Gasteiger partial charge on any atom is -0.388 e. The van der Waals surface area contributed by atoms with Gasteiger partial charge in [0.1, 0.15) is 0 Å². The quantitative estimate of drug-likeness (QED) is 0.628. The molecule has 1 fully saturated rings. The standard InChI is InChI=1S/C16H32N2O2/c1-13(8-7-9-14(2)17)15(19)18-12-16(20)10-5-3-4-6-11-16/h13-14,20H,3-12,17H2,1-2H3,(H,18,19). The summed E-state index contributed by atoms with van der Waals surface area (Å²) in [4.78, 5) is 12.0. The van der Waals surface area contributed by atoms with Gasteiger partial charge in [-0.25, -0.2) is 0 Å². The Morgan fingerprint density at radius 2 is 1.80 bits per heavy atom. The van der Waals surface area contributed by atoms with Crippen molar-refractivity contribution in [3.05, 3.63) is 0 Å². The molecule has 2 atom stereocenters. The van der Waals surface area contributed by atoms with Crippen LogP contribution in [0.2, 0.25) is 0 Å². The van der Waals surface area contributed by atoms with E-state index in [0.717, 1.165) is 44.9 Å². The third kappa shape index (κ3) is 6.71. The zero-order valence-electron chi connectivity index (χ0n) is 13.2. The molecule has 0 spiro atoms. The number of rotatable bonds is 7. The van der Waals surface area contributed by atoms with Gasteiger partial charge in [-0.3, -0.25) is 4.79 Å². The Bertz CT molecular complexity index is 284. The zero-order chi connectivity index (χ0) is 15.0. The molecule has 0 radical (unpaired) electrons. The lowest BCUT2D eigenvalue weighted by atomic mass is 9.94. The highest BCUT2D eigenvalue weighted by molar-refractivity contribution is 5.78. The molecule has 4 N–H and O–H groups in total. The van der Waals surface area contributed by atoms with E-state index >= 15 is 0 Å². The summed E-state index contributed by atoms with van der Waals surface area (Å²) in [5.41, 5.74) is 5.03. The summed E-state index contributed by atoms with van der Waals surface area (Å²) in [6.45, 7) is 4.35. The van der Waals surface area contributed by atoms with Crippen molar-refractivity contribution in [1.82, 2.24) is 5.32 Å². The molecule has 4 nitrogen and oxygen atoms in total. The van der Waals surface area contributed by atoms with Crippen molar-refractivity contribution in [3.8, 4) is 0 Å². The summed E-state index contributed by atoms with van der Waals surface area (Å²) < 4.78 is 0. The lowest BCUT2D eigenvalue weighted by Crippen LogP contribution is -2.44. The van der Waals surface area contributed by atoms with Gasteiger partial charge in [0.25, 0.3) is 0 Å². The highest BCUT2D eigenvalue weighted by Crippen LogP contribution is 2.26. The fraction of sp³-hybridized carbons (Fsp3) is 0.938. The van der Waals surface area contributed by atoms with Crippen molar-refractivity contribution in [1.29, 1.82) is 0 Å². The van der Waals surface area contributed by atoms with Crippen molar-refractivity contribution >= 4 is 5.91 Å². The molecule has 0 heterocycles. The first-order valence-corrected chi connectivity index (χ1v) is 8.19. The van der Waals surface area contributed by atoms with Gasteiger partial charge in [0.05, 0.1) is 5.60 Å². The second-order valence-corrected chi connectivity index (χ2v) is 6.67. The number of nitrogens with two attached hydrogens (primary N) is 1. The monoisotopic (exact) mass is 284 g/mol. The number of nitrogens with one attached hydrogen (secondary N) is 1. The van der Waals surface area contributed by atoms with Gasteiger partial charge in [0.2, 0.25) is 5.91 Å². The van der Waals surface area contributed by atoms with Crippen molar-refractivity contribution in [2.75, 3.05) is 6.54 Å². The number of amides is 1. The lowest BCUT2D eigenvalue weighted by molar-refractivity contribution is -0.126. The summed E-state index contributed by atoms with van der Waals surface area (Å²) >= 11 is 0. The molecule has 1 rings (SSSR count). The summed E-state index contributed by atoms with van der Waals surface area (Å²) in [5.74, 6) is 0.0653. The van der Waals surface area contributed by atoms with Crippen LogP contribution in [0.5, 0.6) is 0 Å². The van der Waals surface area contributed by atoms with Crippen molar-refractivity contribution in [2.45, 2.75) is 83.3 Å². The summed E-state index contributed by atoms with van der Waals surface area (Å²) in [7, 11) is 0. The molecule has 0 aromatic rings. The van der Waals surface area contributed by atoms with E-state index < -0.39 is 5.60 Å². The molecule has 0 aromatic carbocycles. The second-order valence-electron chi connectivity index (χ2n) is 6.67. The molecular weight excluding hydrogens is 252 g/mol. The summed E-state index contributed by atoms with van der Waals surface area (Å²) in [6, 6.07) is 0.206. The van der Waals surface area contributed by atoms with Crippen LogP contribution in [0.3, 0.4) is 0 Å². The predicted molar refractivity (Wildman–Crippen MR) is 82.3 cm³/mol. The van der Waals surface area contributed by atoms with Gasteiger partial charge < -0.3 is 16.2 Å². The van der Waals surface area contributed by atoms with Crippen LogP contribution in [0.25, 0.3) is 0 Å².